The van der Waals surface area contributed by atoms with Crippen molar-refractivity contribution < 1.29 is 4.79 Å². The minimum atomic E-state index is -0.186. The molecule has 79 valence electrons. The van der Waals surface area contributed by atoms with Gasteiger partial charge in [-0.1, -0.05) is 0 Å². The number of hydrogen-bond acceptors (Lipinski definition) is 3. The first-order valence-corrected chi connectivity index (χ1v) is 5.11. The molecule has 0 aromatic heterocycles. The summed E-state index contributed by atoms with van der Waals surface area (Å²) in [6, 6.07) is 0.205. The molecule has 0 unspecified atom stereocenters. The second-order valence-electron chi connectivity index (χ2n) is 4.01. The molecule has 1 saturated carbocycles. The molecule has 0 aromatic rings. The molecule has 0 aromatic carbocycles. The molecule has 0 aliphatic heterocycles. The average molecular weight is 196 g/mol. The summed E-state index contributed by atoms with van der Waals surface area (Å²) in [4.78, 5) is 10.3. The molecule has 0 bridgehead atoms. The van der Waals surface area contributed by atoms with Crippen LogP contribution in [0.3, 0.4) is 0 Å². The summed E-state index contributed by atoms with van der Waals surface area (Å²) in [7, 11) is 0. The molecule has 1 rings (SSSR count). The maximum atomic E-state index is 10.3. The van der Waals surface area contributed by atoms with E-state index in [9.17, 15) is 4.79 Å². The predicted octanol–water partition coefficient (Wildman–Crippen LogP) is 0.569. The summed E-state index contributed by atoms with van der Waals surface area (Å²) < 4.78 is 0. The number of hydrogen-bond donors (Lipinski definition) is 3. The number of carbonyl (C=O) groups excluding carboxylic acids is 1. The van der Waals surface area contributed by atoms with Gasteiger partial charge < -0.3 is 11.1 Å². The third kappa shape index (κ3) is 3.10. The molecule has 4 nitrogen and oxygen atoms in total. The highest BCUT2D eigenvalue weighted by Gasteiger charge is 2.23. The van der Waals surface area contributed by atoms with Gasteiger partial charge in [0.25, 0.3) is 0 Å². The lowest BCUT2D eigenvalue weighted by Crippen LogP contribution is -2.41. The highest BCUT2D eigenvalue weighted by atomic mass is 16.1. The predicted molar refractivity (Wildman–Crippen MR) is 56.0 cm³/mol. The molecule has 4 N–H and O–H groups in total. The molecular weight excluding hydrogens is 178 g/mol. The molecule has 0 amide bonds. The topological polar surface area (TPSA) is 79.0 Å². The molecular formula is C10H18N3O. The smallest absolute Gasteiger partial charge is 0.216 e. The Hall–Kier alpha value is -0.900. The van der Waals surface area contributed by atoms with Crippen LogP contribution in [0.1, 0.15) is 32.6 Å². The first kappa shape index (κ1) is 11.2. The van der Waals surface area contributed by atoms with Crippen LogP contribution in [-0.2, 0) is 4.79 Å². The van der Waals surface area contributed by atoms with Gasteiger partial charge in [0.2, 0.25) is 6.29 Å². The zero-order chi connectivity index (χ0) is 10.6. The van der Waals surface area contributed by atoms with E-state index in [-0.39, 0.29) is 12.0 Å². The third-order valence-electron chi connectivity index (χ3n) is 2.83. The Bertz CT molecular complexity index is 209. The lowest BCUT2D eigenvalue weighted by molar-refractivity contribution is 0.330. The lowest BCUT2D eigenvalue weighted by atomic mass is 9.85. The molecule has 1 radical (unpaired) electrons. The van der Waals surface area contributed by atoms with E-state index in [0.717, 1.165) is 25.7 Å². The van der Waals surface area contributed by atoms with E-state index in [1.807, 2.05) is 13.2 Å². The van der Waals surface area contributed by atoms with Crippen molar-refractivity contribution in [2.45, 2.75) is 44.7 Å². The molecule has 14 heavy (non-hydrogen) atoms. The molecule has 0 heterocycles. The van der Waals surface area contributed by atoms with Gasteiger partial charge in [0.15, 0.2) is 0 Å². The fourth-order valence-electron chi connectivity index (χ4n) is 1.96. The van der Waals surface area contributed by atoms with Gasteiger partial charge in [-0.25, -0.2) is 0 Å². The number of rotatable bonds is 4. The summed E-state index contributed by atoms with van der Waals surface area (Å²) in [5, 5.41) is 10.5. The van der Waals surface area contributed by atoms with E-state index in [2.05, 4.69) is 5.32 Å². The van der Waals surface area contributed by atoms with Gasteiger partial charge in [-0.05, 0) is 32.6 Å². The van der Waals surface area contributed by atoms with Crippen LogP contribution in [0.25, 0.3) is 0 Å². The summed E-state index contributed by atoms with van der Waals surface area (Å²) >= 11 is 0. The van der Waals surface area contributed by atoms with Crippen LogP contribution in [0.5, 0.6) is 0 Å². The van der Waals surface area contributed by atoms with E-state index >= 15 is 0 Å². The largest absolute Gasteiger partial charge is 0.387 e. The molecule has 1 atom stereocenters. The summed E-state index contributed by atoms with van der Waals surface area (Å²) in [6.45, 7) is 1.81. The Morgan fingerprint density at radius 1 is 1.50 bits per heavy atom. The molecule has 0 spiro atoms. The highest BCUT2D eigenvalue weighted by Crippen LogP contribution is 2.24. The summed E-state index contributed by atoms with van der Waals surface area (Å²) in [5.74, 6) is 0.557. The Morgan fingerprint density at radius 2 is 2.07 bits per heavy atom. The van der Waals surface area contributed by atoms with Gasteiger partial charge in [0.05, 0.1) is 11.9 Å². The molecule has 1 aliphatic rings. The molecule has 1 fully saturated rings. The zero-order valence-electron chi connectivity index (χ0n) is 8.55. The van der Waals surface area contributed by atoms with Crippen LogP contribution < -0.4 is 11.1 Å². The van der Waals surface area contributed by atoms with Crippen LogP contribution in [0.4, 0.5) is 0 Å². The van der Waals surface area contributed by atoms with Gasteiger partial charge in [0.1, 0.15) is 0 Å². The normalized spacial score (nSPS) is 29.5. The average Bonchev–Trinajstić information content (AvgIpc) is 2.18. The van der Waals surface area contributed by atoms with Crippen molar-refractivity contribution in [3.8, 4) is 0 Å². The number of nitrogens with two attached hydrogens (primary N) is 1. The van der Waals surface area contributed by atoms with Crippen LogP contribution in [0.2, 0.25) is 0 Å². The Balaban J connectivity index is 2.28. The molecule has 1 aliphatic carbocycles. The van der Waals surface area contributed by atoms with Crippen molar-refractivity contribution in [1.82, 2.24) is 5.32 Å². The van der Waals surface area contributed by atoms with Gasteiger partial charge >= 0.3 is 0 Å². The van der Waals surface area contributed by atoms with Gasteiger partial charge in [-0.3, -0.25) is 10.2 Å². The van der Waals surface area contributed by atoms with E-state index < -0.39 is 0 Å². The van der Waals surface area contributed by atoms with Crippen molar-refractivity contribution in [2.75, 3.05) is 0 Å². The van der Waals surface area contributed by atoms with Crippen molar-refractivity contribution in [3.63, 3.8) is 0 Å². The number of nitrogens with one attached hydrogen (secondary N) is 2. The van der Waals surface area contributed by atoms with E-state index in [4.69, 9.17) is 11.1 Å². The maximum absolute atomic E-state index is 10.3. The first-order chi connectivity index (χ1) is 6.63. The fraction of sp³-hybridized carbons (Fsp3) is 0.800. The summed E-state index contributed by atoms with van der Waals surface area (Å²) in [6.07, 6.45) is 5.82. The molecule has 0 saturated heterocycles. The van der Waals surface area contributed by atoms with Crippen molar-refractivity contribution in [3.05, 3.63) is 0 Å². The van der Waals surface area contributed by atoms with E-state index in [0.29, 0.717) is 11.9 Å². The second-order valence-corrected chi connectivity index (χ2v) is 4.01. The van der Waals surface area contributed by atoms with Gasteiger partial charge in [-0.15, -0.1) is 0 Å². The Morgan fingerprint density at radius 3 is 2.50 bits per heavy atom. The fourth-order valence-corrected chi connectivity index (χ4v) is 1.96. The van der Waals surface area contributed by atoms with Crippen LogP contribution >= 0.6 is 0 Å². The van der Waals surface area contributed by atoms with Crippen LogP contribution in [0.15, 0.2) is 0 Å². The zero-order valence-corrected chi connectivity index (χ0v) is 8.55. The van der Waals surface area contributed by atoms with Crippen molar-refractivity contribution >= 4 is 12.1 Å². The standard InChI is InChI=1S/C10H18N3O/c1-7(6-14)13-9-4-2-8(3-5-9)10(11)12/h7-9,13H,2-5H2,1H3,(H3,11,12)/t7-,8?,9?/m0/s1. The highest BCUT2D eigenvalue weighted by molar-refractivity contribution is 5.79. The van der Waals surface area contributed by atoms with Gasteiger partial charge in [0, 0.05) is 12.0 Å². The second kappa shape index (κ2) is 5.10. The number of amidine groups is 1. The Labute approximate surface area is 84.8 Å². The Kier molecular flexibility index (Phi) is 4.07. The minimum absolute atomic E-state index is 0.186. The van der Waals surface area contributed by atoms with Gasteiger partial charge in [-0.2, -0.15) is 0 Å². The van der Waals surface area contributed by atoms with Crippen LogP contribution in [-0.4, -0.2) is 24.2 Å². The third-order valence-corrected chi connectivity index (χ3v) is 2.83. The maximum Gasteiger partial charge on any atom is 0.216 e. The first-order valence-electron chi connectivity index (χ1n) is 5.11. The minimum Gasteiger partial charge on any atom is -0.387 e. The molecule has 4 heteroatoms. The quantitative estimate of drug-likeness (QED) is 0.454. The van der Waals surface area contributed by atoms with Crippen molar-refractivity contribution in [2.24, 2.45) is 11.7 Å². The van der Waals surface area contributed by atoms with E-state index in [1.54, 1.807) is 0 Å². The lowest BCUT2D eigenvalue weighted by Gasteiger charge is -2.29. The van der Waals surface area contributed by atoms with E-state index in [1.165, 1.54) is 0 Å². The summed E-state index contributed by atoms with van der Waals surface area (Å²) in [5.41, 5.74) is 5.44. The van der Waals surface area contributed by atoms with Crippen molar-refractivity contribution in [1.29, 1.82) is 5.41 Å². The van der Waals surface area contributed by atoms with Crippen LogP contribution in [0, 0.1) is 11.3 Å². The monoisotopic (exact) mass is 196 g/mol. The SMILES string of the molecule is C[C@@H]([C]=O)NC1CCC(C(=N)N)CC1.